The molecule has 13 heavy (non-hydrogen) atoms. The molecule has 1 fully saturated rings. The summed E-state index contributed by atoms with van der Waals surface area (Å²) < 4.78 is 0. The van der Waals surface area contributed by atoms with Crippen molar-refractivity contribution >= 4 is 5.78 Å². The molecule has 0 aromatic heterocycles. The zero-order valence-electron chi connectivity index (χ0n) is 9.10. The van der Waals surface area contributed by atoms with Crippen molar-refractivity contribution in [1.82, 2.24) is 4.90 Å². The van der Waals surface area contributed by atoms with Crippen LogP contribution in [0.3, 0.4) is 0 Å². The summed E-state index contributed by atoms with van der Waals surface area (Å²) in [6, 6.07) is 0. The summed E-state index contributed by atoms with van der Waals surface area (Å²) in [5, 5.41) is 0. The lowest BCUT2D eigenvalue weighted by Gasteiger charge is -2.37. The first kappa shape index (κ1) is 10.7. The van der Waals surface area contributed by atoms with Crippen molar-refractivity contribution in [2.75, 3.05) is 19.6 Å². The lowest BCUT2D eigenvalue weighted by atomic mass is 9.84. The number of carbonyl (C=O) groups is 1. The summed E-state index contributed by atoms with van der Waals surface area (Å²) in [5.74, 6) is 0.309. The van der Waals surface area contributed by atoms with Crippen LogP contribution in [0.25, 0.3) is 0 Å². The maximum atomic E-state index is 10.8. The van der Waals surface area contributed by atoms with Gasteiger partial charge in [-0.15, -0.1) is 0 Å². The highest BCUT2D eigenvalue weighted by Gasteiger charge is 2.25. The molecule has 0 spiro atoms. The predicted molar refractivity (Wildman–Crippen MR) is 54.8 cm³/mol. The average Bonchev–Trinajstić information content (AvgIpc) is 1.99. The number of Topliss-reactive ketones (excluding diaryl/α,β-unsaturated/α-hetero) is 1. The van der Waals surface area contributed by atoms with Gasteiger partial charge in [0.05, 0.1) is 0 Å². The van der Waals surface area contributed by atoms with E-state index in [1.54, 1.807) is 6.92 Å². The second kappa shape index (κ2) is 4.23. The van der Waals surface area contributed by atoms with Gasteiger partial charge in [0, 0.05) is 19.5 Å². The molecule has 0 bridgehead atoms. The Kier molecular flexibility index (Phi) is 3.48. The molecule has 0 unspecified atom stereocenters. The van der Waals surface area contributed by atoms with Crippen LogP contribution < -0.4 is 0 Å². The molecule has 1 aliphatic rings. The number of hydrogen-bond acceptors (Lipinski definition) is 2. The molecule has 1 rings (SSSR count). The summed E-state index contributed by atoms with van der Waals surface area (Å²) in [6.07, 6.45) is 3.32. The van der Waals surface area contributed by atoms with Gasteiger partial charge in [0.25, 0.3) is 0 Å². The number of likely N-dealkylation sites (tertiary alicyclic amines) is 1. The van der Waals surface area contributed by atoms with Gasteiger partial charge in [-0.3, -0.25) is 4.79 Å². The van der Waals surface area contributed by atoms with Crippen LogP contribution >= 0.6 is 0 Å². The Bertz CT molecular complexity index is 187. The van der Waals surface area contributed by atoms with Gasteiger partial charge in [0.1, 0.15) is 5.78 Å². The minimum Gasteiger partial charge on any atom is -0.302 e. The van der Waals surface area contributed by atoms with E-state index in [2.05, 4.69) is 18.7 Å². The van der Waals surface area contributed by atoms with Gasteiger partial charge in [-0.25, -0.2) is 0 Å². The average molecular weight is 183 g/mol. The third-order valence-electron chi connectivity index (χ3n) is 2.76. The predicted octanol–water partition coefficient (Wildman–Crippen LogP) is 2.09. The standard InChI is InChI=1S/C11H21NO/c1-10(13)5-8-12-7-4-6-11(2,3)9-12/h4-9H2,1-3H3. The van der Waals surface area contributed by atoms with Gasteiger partial charge < -0.3 is 4.90 Å². The van der Waals surface area contributed by atoms with Crippen molar-refractivity contribution in [3.8, 4) is 0 Å². The molecule has 0 amide bonds. The minimum absolute atomic E-state index is 0.309. The molecular formula is C11H21NO. The van der Waals surface area contributed by atoms with Crippen LogP contribution in [0.1, 0.15) is 40.0 Å². The number of rotatable bonds is 3. The van der Waals surface area contributed by atoms with E-state index in [4.69, 9.17) is 0 Å². The van der Waals surface area contributed by atoms with Crippen molar-refractivity contribution in [3.63, 3.8) is 0 Å². The van der Waals surface area contributed by atoms with Crippen molar-refractivity contribution < 1.29 is 4.79 Å². The summed E-state index contributed by atoms with van der Waals surface area (Å²) in [6.45, 7) is 9.59. The van der Waals surface area contributed by atoms with Crippen LogP contribution in [-0.2, 0) is 4.79 Å². The third-order valence-corrected chi connectivity index (χ3v) is 2.76. The number of piperidine rings is 1. The van der Waals surface area contributed by atoms with E-state index in [-0.39, 0.29) is 0 Å². The van der Waals surface area contributed by atoms with Gasteiger partial charge in [-0.05, 0) is 31.7 Å². The fourth-order valence-corrected chi connectivity index (χ4v) is 2.05. The second-order valence-electron chi connectivity index (χ2n) is 5.00. The summed E-state index contributed by atoms with van der Waals surface area (Å²) in [4.78, 5) is 13.2. The maximum Gasteiger partial charge on any atom is 0.131 e. The topological polar surface area (TPSA) is 20.3 Å². The second-order valence-corrected chi connectivity index (χ2v) is 5.00. The highest BCUT2D eigenvalue weighted by atomic mass is 16.1. The Morgan fingerprint density at radius 1 is 1.46 bits per heavy atom. The van der Waals surface area contributed by atoms with E-state index in [9.17, 15) is 4.79 Å². The van der Waals surface area contributed by atoms with Crippen molar-refractivity contribution in [2.24, 2.45) is 5.41 Å². The lowest BCUT2D eigenvalue weighted by Crippen LogP contribution is -2.40. The van der Waals surface area contributed by atoms with Crippen LogP contribution in [0.15, 0.2) is 0 Å². The highest BCUT2D eigenvalue weighted by Crippen LogP contribution is 2.28. The minimum atomic E-state index is 0.309. The first-order valence-electron chi connectivity index (χ1n) is 5.21. The zero-order valence-corrected chi connectivity index (χ0v) is 9.10. The van der Waals surface area contributed by atoms with E-state index in [1.165, 1.54) is 19.4 Å². The lowest BCUT2D eigenvalue weighted by molar-refractivity contribution is -0.117. The molecule has 76 valence electrons. The molecule has 0 aromatic rings. The van der Waals surface area contributed by atoms with Crippen LogP contribution in [0.2, 0.25) is 0 Å². The SMILES string of the molecule is CC(=O)CCN1CCCC(C)(C)C1. The molecule has 0 N–H and O–H groups in total. The van der Waals surface area contributed by atoms with Gasteiger partial charge in [0.2, 0.25) is 0 Å². The smallest absolute Gasteiger partial charge is 0.131 e. The Balaban J connectivity index is 2.30. The molecule has 0 saturated carbocycles. The van der Waals surface area contributed by atoms with Gasteiger partial charge in [-0.2, -0.15) is 0 Å². The normalized spacial score (nSPS) is 23.0. The quantitative estimate of drug-likeness (QED) is 0.667. The zero-order chi connectivity index (χ0) is 9.90. The first-order chi connectivity index (χ1) is 5.99. The van der Waals surface area contributed by atoms with E-state index in [1.807, 2.05) is 0 Å². The Morgan fingerprint density at radius 3 is 2.69 bits per heavy atom. The van der Waals surface area contributed by atoms with Crippen LogP contribution in [-0.4, -0.2) is 30.3 Å². The summed E-state index contributed by atoms with van der Waals surface area (Å²) in [7, 11) is 0. The monoisotopic (exact) mass is 183 g/mol. The third kappa shape index (κ3) is 3.90. The number of ketones is 1. The highest BCUT2D eigenvalue weighted by molar-refractivity contribution is 5.75. The number of hydrogen-bond donors (Lipinski definition) is 0. The Hall–Kier alpha value is -0.370. The number of nitrogens with zero attached hydrogens (tertiary/aromatic N) is 1. The maximum absolute atomic E-state index is 10.8. The van der Waals surface area contributed by atoms with Gasteiger partial charge in [-0.1, -0.05) is 13.8 Å². The molecule has 2 nitrogen and oxygen atoms in total. The van der Waals surface area contributed by atoms with Gasteiger partial charge in [0.15, 0.2) is 0 Å². The largest absolute Gasteiger partial charge is 0.302 e. The van der Waals surface area contributed by atoms with E-state index < -0.39 is 0 Å². The van der Waals surface area contributed by atoms with Gasteiger partial charge >= 0.3 is 0 Å². The van der Waals surface area contributed by atoms with Crippen molar-refractivity contribution in [1.29, 1.82) is 0 Å². The molecular weight excluding hydrogens is 162 g/mol. The molecule has 0 aliphatic carbocycles. The summed E-state index contributed by atoms with van der Waals surface area (Å²) in [5.41, 5.74) is 0.453. The summed E-state index contributed by atoms with van der Waals surface area (Å²) >= 11 is 0. The number of carbonyl (C=O) groups excluding carboxylic acids is 1. The van der Waals surface area contributed by atoms with Crippen LogP contribution in [0, 0.1) is 5.41 Å². The molecule has 1 heterocycles. The molecule has 0 radical (unpaired) electrons. The van der Waals surface area contributed by atoms with E-state index >= 15 is 0 Å². The fourth-order valence-electron chi connectivity index (χ4n) is 2.05. The van der Waals surface area contributed by atoms with Crippen LogP contribution in [0.4, 0.5) is 0 Å². The van der Waals surface area contributed by atoms with Crippen molar-refractivity contribution in [3.05, 3.63) is 0 Å². The Morgan fingerprint density at radius 2 is 2.15 bits per heavy atom. The first-order valence-corrected chi connectivity index (χ1v) is 5.21. The molecule has 1 aliphatic heterocycles. The molecule has 0 aromatic carbocycles. The van der Waals surface area contributed by atoms with E-state index in [0.717, 1.165) is 19.5 Å². The molecule has 0 atom stereocenters. The fraction of sp³-hybridized carbons (Fsp3) is 0.909. The molecule has 1 saturated heterocycles. The molecule has 2 heteroatoms. The van der Waals surface area contributed by atoms with Crippen molar-refractivity contribution in [2.45, 2.75) is 40.0 Å². The Labute approximate surface area is 81.3 Å². The van der Waals surface area contributed by atoms with E-state index in [0.29, 0.717) is 11.2 Å². The van der Waals surface area contributed by atoms with Crippen LogP contribution in [0.5, 0.6) is 0 Å².